The Labute approximate surface area is 49.8 Å². The maximum atomic E-state index is 8.73. The average molecular weight is 116 g/mol. The van der Waals surface area contributed by atoms with E-state index < -0.39 is 6.10 Å². The van der Waals surface area contributed by atoms with Crippen LogP contribution in [0.4, 0.5) is 0 Å². The highest BCUT2D eigenvalue weighted by molar-refractivity contribution is 4.87. The maximum absolute atomic E-state index is 8.73. The molecule has 2 heteroatoms. The van der Waals surface area contributed by atoms with Crippen LogP contribution in [0.5, 0.6) is 0 Å². The van der Waals surface area contributed by atoms with Gasteiger partial charge in [-0.3, -0.25) is 0 Å². The van der Waals surface area contributed by atoms with Crippen molar-refractivity contribution in [1.29, 1.82) is 0 Å². The minimum Gasteiger partial charge on any atom is -0.496 e. The van der Waals surface area contributed by atoms with Gasteiger partial charge in [0.25, 0.3) is 0 Å². The van der Waals surface area contributed by atoms with Gasteiger partial charge in [-0.05, 0) is 13.8 Å². The van der Waals surface area contributed by atoms with E-state index in [2.05, 4.69) is 6.58 Å². The van der Waals surface area contributed by atoms with Crippen LogP contribution in [0.3, 0.4) is 0 Å². The maximum Gasteiger partial charge on any atom is 0.117 e. The molecule has 0 radical (unpaired) electrons. The van der Waals surface area contributed by atoms with Crippen LogP contribution in [0.25, 0.3) is 0 Å². The largest absolute Gasteiger partial charge is 0.496 e. The van der Waals surface area contributed by atoms with Crippen LogP contribution in [-0.4, -0.2) is 17.8 Å². The Morgan fingerprint density at radius 1 is 1.88 bits per heavy atom. The summed E-state index contributed by atoms with van der Waals surface area (Å²) >= 11 is 0. The first-order valence-electron chi connectivity index (χ1n) is 2.68. The lowest BCUT2D eigenvalue weighted by Crippen LogP contribution is -2.06. The summed E-state index contributed by atoms with van der Waals surface area (Å²) in [7, 11) is 0. The summed E-state index contributed by atoms with van der Waals surface area (Å²) in [6.45, 7) is 7.52. The molecule has 0 heterocycles. The van der Waals surface area contributed by atoms with Crippen molar-refractivity contribution in [1.82, 2.24) is 0 Å². The number of rotatable bonds is 3. The van der Waals surface area contributed by atoms with Gasteiger partial charge in [0.15, 0.2) is 0 Å². The molecule has 8 heavy (non-hydrogen) atoms. The van der Waals surface area contributed by atoms with Crippen molar-refractivity contribution in [2.75, 3.05) is 6.61 Å². The van der Waals surface area contributed by atoms with Gasteiger partial charge in [-0.1, -0.05) is 6.58 Å². The van der Waals surface area contributed by atoms with E-state index in [1.54, 1.807) is 6.92 Å². The van der Waals surface area contributed by atoms with Gasteiger partial charge in [0.05, 0.1) is 6.61 Å². The van der Waals surface area contributed by atoms with Gasteiger partial charge in [0.1, 0.15) is 11.9 Å². The van der Waals surface area contributed by atoms with Gasteiger partial charge in [-0.2, -0.15) is 0 Å². The molecule has 0 aromatic rings. The van der Waals surface area contributed by atoms with Crippen LogP contribution >= 0.6 is 0 Å². The minimum absolute atomic E-state index is 0.438. The number of aliphatic hydroxyl groups is 1. The lowest BCUT2D eigenvalue weighted by molar-refractivity contribution is 0.120. The fourth-order valence-corrected chi connectivity index (χ4v) is 0.306. The fraction of sp³-hybridized carbons (Fsp3) is 0.667. The number of ether oxygens (including phenoxy) is 1. The molecule has 1 atom stereocenters. The third-order valence-corrected chi connectivity index (χ3v) is 0.796. The molecule has 0 amide bonds. The van der Waals surface area contributed by atoms with E-state index in [0.29, 0.717) is 12.4 Å². The molecule has 2 nitrogen and oxygen atoms in total. The third-order valence-electron chi connectivity index (χ3n) is 0.796. The highest BCUT2D eigenvalue weighted by Gasteiger charge is 1.98. The second-order valence-corrected chi connectivity index (χ2v) is 1.58. The van der Waals surface area contributed by atoms with Crippen molar-refractivity contribution in [3.05, 3.63) is 12.3 Å². The Kier molecular flexibility index (Phi) is 3.28. The molecular weight excluding hydrogens is 104 g/mol. The van der Waals surface area contributed by atoms with E-state index in [1.165, 1.54) is 0 Å². The standard InChI is InChI=1S/C6H12O2/c1-4-8-6(3)5(2)7/h5,7H,3-4H2,1-2H3. The monoisotopic (exact) mass is 116 g/mol. The van der Waals surface area contributed by atoms with E-state index in [0.717, 1.165) is 0 Å². The van der Waals surface area contributed by atoms with Crippen molar-refractivity contribution < 1.29 is 9.84 Å². The Bertz CT molecular complexity index is 76.6. The molecule has 0 bridgehead atoms. The van der Waals surface area contributed by atoms with Crippen molar-refractivity contribution in [3.8, 4) is 0 Å². The average Bonchev–Trinajstić information content (AvgIpc) is 1.67. The Balaban J connectivity index is 3.33. The van der Waals surface area contributed by atoms with Crippen molar-refractivity contribution in [3.63, 3.8) is 0 Å². The number of hydrogen-bond acceptors (Lipinski definition) is 2. The predicted octanol–water partition coefficient (Wildman–Crippen LogP) is 0.917. The fourth-order valence-electron chi connectivity index (χ4n) is 0.306. The zero-order chi connectivity index (χ0) is 6.57. The predicted molar refractivity (Wildman–Crippen MR) is 32.4 cm³/mol. The van der Waals surface area contributed by atoms with E-state index in [1.807, 2.05) is 6.92 Å². The molecule has 0 fully saturated rings. The van der Waals surface area contributed by atoms with Gasteiger partial charge in [-0.15, -0.1) is 0 Å². The topological polar surface area (TPSA) is 29.5 Å². The molecule has 1 unspecified atom stereocenters. The Morgan fingerprint density at radius 2 is 2.38 bits per heavy atom. The SMILES string of the molecule is C=C(OCC)C(C)O. The van der Waals surface area contributed by atoms with Crippen molar-refractivity contribution in [2.24, 2.45) is 0 Å². The van der Waals surface area contributed by atoms with E-state index >= 15 is 0 Å². The molecule has 0 aromatic carbocycles. The van der Waals surface area contributed by atoms with Crippen LogP contribution in [0.2, 0.25) is 0 Å². The van der Waals surface area contributed by atoms with E-state index in [-0.39, 0.29) is 0 Å². The summed E-state index contributed by atoms with van der Waals surface area (Å²) in [6.07, 6.45) is -0.546. The molecular formula is C6H12O2. The summed E-state index contributed by atoms with van der Waals surface area (Å²) in [6, 6.07) is 0. The van der Waals surface area contributed by atoms with Crippen LogP contribution in [0.15, 0.2) is 12.3 Å². The van der Waals surface area contributed by atoms with Crippen LogP contribution in [-0.2, 0) is 4.74 Å². The molecule has 0 saturated heterocycles. The summed E-state index contributed by atoms with van der Waals surface area (Å²) in [5, 5.41) is 8.73. The molecule has 0 aliphatic rings. The first kappa shape index (κ1) is 7.50. The second-order valence-electron chi connectivity index (χ2n) is 1.58. The Hall–Kier alpha value is -0.500. The van der Waals surface area contributed by atoms with Gasteiger partial charge in [0, 0.05) is 0 Å². The van der Waals surface area contributed by atoms with E-state index in [4.69, 9.17) is 9.84 Å². The van der Waals surface area contributed by atoms with Crippen LogP contribution < -0.4 is 0 Å². The summed E-state index contributed by atoms with van der Waals surface area (Å²) in [5.74, 6) is 0.438. The Morgan fingerprint density at radius 3 is 2.50 bits per heavy atom. The zero-order valence-corrected chi connectivity index (χ0v) is 5.35. The van der Waals surface area contributed by atoms with Gasteiger partial charge < -0.3 is 9.84 Å². The number of aliphatic hydroxyl groups excluding tert-OH is 1. The van der Waals surface area contributed by atoms with Crippen LogP contribution in [0.1, 0.15) is 13.8 Å². The molecule has 1 N–H and O–H groups in total. The quantitative estimate of drug-likeness (QED) is 0.555. The minimum atomic E-state index is -0.546. The third kappa shape index (κ3) is 2.64. The smallest absolute Gasteiger partial charge is 0.117 e. The summed E-state index contributed by atoms with van der Waals surface area (Å²) in [4.78, 5) is 0. The number of hydrogen-bond donors (Lipinski definition) is 1. The molecule has 0 rings (SSSR count). The summed E-state index contributed by atoms with van der Waals surface area (Å²) < 4.78 is 4.86. The normalized spacial score (nSPS) is 12.9. The molecule has 0 aliphatic heterocycles. The molecule has 0 saturated carbocycles. The molecule has 0 aromatic heterocycles. The van der Waals surface area contributed by atoms with Gasteiger partial charge in [0.2, 0.25) is 0 Å². The van der Waals surface area contributed by atoms with Crippen molar-refractivity contribution in [2.45, 2.75) is 20.0 Å². The highest BCUT2D eigenvalue weighted by atomic mass is 16.5. The summed E-state index contributed by atoms with van der Waals surface area (Å²) in [5.41, 5.74) is 0. The first-order valence-corrected chi connectivity index (χ1v) is 2.68. The van der Waals surface area contributed by atoms with E-state index in [9.17, 15) is 0 Å². The highest BCUT2D eigenvalue weighted by Crippen LogP contribution is 1.98. The molecule has 0 spiro atoms. The second kappa shape index (κ2) is 3.50. The lowest BCUT2D eigenvalue weighted by atomic mass is 10.4. The zero-order valence-electron chi connectivity index (χ0n) is 5.35. The van der Waals surface area contributed by atoms with Crippen molar-refractivity contribution >= 4 is 0 Å². The molecule has 0 aliphatic carbocycles. The first-order chi connectivity index (χ1) is 3.68. The van der Waals surface area contributed by atoms with Crippen LogP contribution in [0, 0.1) is 0 Å². The van der Waals surface area contributed by atoms with Gasteiger partial charge >= 0.3 is 0 Å². The van der Waals surface area contributed by atoms with Gasteiger partial charge in [-0.25, -0.2) is 0 Å². The lowest BCUT2D eigenvalue weighted by Gasteiger charge is -2.07. The molecule has 48 valence electrons.